The lowest BCUT2D eigenvalue weighted by Crippen LogP contribution is -2.40. The van der Waals surface area contributed by atoms with Crippen molar-refractivity contribution in [1.29, 1.82) is 0 Å². The van der Waals surface area contributed by atoms with Gasteiger partial charge in [-0.3, -0.25) is 19.2 Å². The van der Waals surface area contributed by atoms with Crippen LogP contribution in [-0.2, 0) is 38.1 Å². The van der Waals surface area contributed by atoms with Crippen LogP contribution in [0.15, 0.2) is 71.1 Å². The first-order valence-corrected chi connectivity index (χ1v) is 15.4. The molecule has 2 amide bonds. The summed E-state index contributed by atoms with van der Waals surface area (Å²) in [7, 11) is 2.91. The minimum absolute atomic E-state index is 0.0164. The third-order valence-corrected chi connectivity index (χ3v) is 7.80. The number of ether oxygens (including phenoxy) is 4. The Kier molecular flexibility index (Phi) is 15.5. The number of methoxy groups -OCH3 is 2. The Hall–Kier alpha value is -4.33. The van der Waals surface area contributed by atoms with E-state index in [9.17, 15) is 24.0 Å². The average Bonchev–Trinajstić information content (AvgIpc) is 3.01. The molecule has 13 nitrogen and oxygen atoms in total. The molecule has 2 aliphatic rings. The monoisotopic (exact) mass is 656 g/mol. The molecule has 0 saturated carbocycles. The Balaban J connectivity index is 2.74. The lowest BCUT2D eigenvalue weighted by Gasteiger charge is -2.32. The lowest BCUT2D eigenvalue weighted by molar-refractivity contribution is -0.160. The number of nitrogens with two attached hydrogens (primary N) is 2. The summed E-state index contributed by atoms with van der Waals surface area (Å²) in [4.78, 5) is 64.6. The maximum atomic E-state index is 13.7. The molecule has 13 heteroatoms. The van der Waals surface area contributed by atoms with Crippen molar-refractivity contribution >= 4 is 29.5 Å². The normalized spacial score (nSPS) is 29.3. The summed E-state index contributed by atoms with van der Waals surface area (Å²) in [5.41, 5.74) is 12.0. The lowest BCUT2D eigenvalue weighted by atomic mass is 9.85. The summed E-state index contributed by atoms with van der Waals surface area (Å²) in [6.45, 7) is 11.0. The number of ketones is 2. The van der Waals surface area contributed by atoms with Crippen molar-refractivity contribution in [1.82, 2.24) is 10.6 Å². The summed E-state index contributed by atoms with van der Waals surface area (Å²) in [6.07, 6.45) is 5.17. The van der Waals surface area contributed by atoms with Crippen molar-refractivity contribution in [2.24, 2.45) is 23.3 Å². The van der Waals surface area contributed by atoms with Crippen LogP contribution in [-0.4, -0.2) is 81.3 Å². The summed E-state index contributed by atoms with van der Waals surface area (Å²) < 4.78 is 22.8. The Morgan fingerprint density at radius 2 is 1.83 bits per heavy atom. The van der Waals surface area contributed by atoms with Crippen LogP contribution in [0.2, 0.25) is 0 Å². The van der Waals surface area contributed by atoms with E-state index in [1.54, 1.807) is 25.2 Å². The van der Waals surface area contributed by atoms with Crippen LogP contribution in [0.5, 0.6) is 0 Å². The van der Waals surface area contributed by atoms with Crippen molar-refractivity contribution in [2.45, 2.75) is 71.4 Å². The second-order valence-electron chi connectivity index (χ2n) is 11.6. The maximum Gasteiger partial charge on any atom is 0.405 e. The molecule has 6 atom stereocenters. The van der Waals surface area contributed by atoms with Crippen molar-refractivity contribution in [3.8, 4) is 0 Å². The van der Waals surface area contributed by atoms with Gasteiger partial charge in [-0.25, -0.2) is 4.79 Å². The molecule has 1 aliphatic carbocycles. The number of carbonyl (C=O) groups excluding carboxylic acids is 5. The van der Waals surface area contributed by atoms with Crippen LogP contribution < -0.4 is 22.1 Å². The Labute approximate surface area is 276 Å². The molecule has 0 radical (unpaired) electrons. The molecule has 0 aromatic carbocycles. The highest BCUT2D eigenvalue weighted by atomic mass is 16.6. The molecule has 2 rings (SSSR count). The van der Waals surface area contributed by atoms with Gasteiger partial charge in [0, 0.05) is 50.4 Å². The fourth-order valence-electron chi connectivity index (χ4n) is 5.45. The topological polar surface area (TPSA) is 198 Å². The molecule has 2 bridgehead atoms. The number of amides is 2. The molecule has 0 unspecified atom stereocenters. The Morgan fingerprint density at radius 3 is 2.43 bits per heavy atom. The van der Waals surface area contributed by atoms with E-state index in [0.717, 1.165) is 6.08 Å². The van der Waals surface area contributed by atoms with Gasteiger partial charge in [0.1, 0.15) is 12.2 Å². The SMILES string of the molecule is C=CCNC1=C2C[C@@H](C)C[C@@H](OC)[C@H](OC(=O)CCN)[C@H](C)/C=C(\C)[C@@H](OC(N)=O)[C@H](OC)/C=C\C=C(/C)C(=O)NC(=CC1=O)C2=O. The number of esters is 1. The first-order chi connectivity index (χ1) is 22.3. The molecule has 47 heavy (non-hydrogen) atoms. The molecule has 0 fully saturated rings. The number of Topliss-reactive ketones (excluding diaryl/α,β-unsaturated/α-hetero) is 1. The van der Waals surface area contributed by atoms with Gasteiger partial charge in [-0.1, -0.05) is 44.2 Å². The quantitative estimate of drug-likeness (QED) is 0.162. The van der Waals surface area contributed by atoms with Gasteiger partial charge < -0.3 is 41.0 Å². The number of hydrogen-bond acceptors (Lipinski definition) is 11. The highest BCUT2D eigenvalue weighted by Gasteiger charge is 2.35. The van der Waals surface area contributed by atoms with Gasteiger partial charge in [0.25, 0.3) is 5.91 Å². The highest BCUT2D eigenvalue weighted by Crippen LogP contribution is 2.30. The fraction of sp³-hybridized carbons (Fsp3) is 0.500. The van der Waals surface area contributed by atoms with Gasteiger partial charge in [0.2, 0.25) is 11.6 Å². The number of carbonyl (C=O) groups is 5. The van der Waals surface area contributed by atoms with Crippen LogP contribution in [0.1, 0.15) is 47.0 Å². The zero-order valence-electron chi connectivity index (χ0n) is 28.0. The molecule has 0 spiro atoms. The predicted octanol–water partition coefficient (Wildman–Crippen LogP) is 2.44. The third kappa shape index (κ3) is 11.2. The molecule has 0 aromatic rings. The van der Waals surface area contributed by atoms with E-state index >= 15 is 0 Å². The molecular formula is C34H48N4O9. The summed E-state index contributed by atoms with van der Waals surface area (Å²) in [5, 5.41) is 5.54. The van der Waals surface area contributed by atoms with E-state index in [1.807, 2.05) is 13.8 Å². The second kappa shape index (κ2) is 18.7. The molecular weight excluding hydrogens is 608 g/mol. The number of fused-ring (bicyclic) bond motifs is 2. The van der Waals surface area contributed by atoms with E-state index in [4.69, 9.17) is 30.4 Å². The Morgan fingerprint density at radius 1 is 1.13 bits per heavy atom. The molecule has 258 valence electrons. The predicted molar refractivity (Wildman–Crippen MR) is 175 cm³/mol. The van der Waals surface area contributed by atoms with E-state index in [2.05, 4.69) is 17.2 Å². The summed E-state index contributed by atoms with van der Waals surface area (Å²) in [5.74, 6) is -2.84. The summed E-state index contributed by atoms with van der Waals surface area (Å²) in [6, 6.07) is 0. The third-order valence-electron chi connectivity index (χ3n) is 7.80. The van der Waals surface area contributed by atoms with E-state index in [0.29, 0.717) is 12.0 Å². The van der Waals surface area contributed by atoms with E-state index in [-0.39, 0.29) is 54.4 Å². The van der Waals surface area contributed by atoms with Gasteiger partial charge in [-0.2, -0.15) is 0 Å². The molecule has 1 heterocycles. The van der Waals surface area contributed by atoms with Crippen molar-refractivity contribution in [2.75, 3.05) is 27.3 Å². The maximum absolute atomic E-state index is 13.7. The number of primary amides is 1. The largest absolute Gasteiger partial charge is 0.459 e. The molecule has 0 aromatic heterocycles. The first-order valence-electron chi connectivity index (χ1n) is 15.4. The van der Waals surface area contributed by atoms with Crippen LogP contribution in [0, 0.1) is 11.8 Å². The minimum atomic E-state index is -1.03. The smallest absolute Gasteiger partial charge is 0.405 e. The average molecular weight is 657 g/mol. The van der Waals surface area contributed by atoms with Gasteiger partial charge >= 0.3 is 12.1 Å². The standard InChI is InChI=1S/C34H48N4O9/c1-8-14-37-29-23-15-19(2)16-27(45-7)32(46-28(40)12-13-35)22(5)17-21(4)31(47-34(36)43)26(44-6)11-9-10-20(3)33(42)38-24(30(23)41)18-25(29)39/h8-11,17-19,22,26-27,31-32,37H,1,12-16,35H2,2-7H3,(H2,36,43)(H,38,42)/b11-9-,20-10+,21-17+/t19-,22-,26-,27-,31-,32-/m1/s1. The van der Waals surface area contributed by atoms with Crippen molar-refractivity contribution in [3.05, 3.63) is 71.1 Å². The van der Waals surface area contributed by atoms with Crippen LogP contribution in [0.4, 0.5) is 4.79 Å². The van der Waals surface area contributed by atoms with E-state index in [1.165, 1.54) is 33.3 Å². The number of rotatable bonds is 9. The second-order valence-corrected chi connectivity index (χ2v) is 11.6. The summed E-state index contributed by atoms with van der Waals surface area (Å²) >= 11 is 0. The van der Waals surface area contributed by atoms with Gasteiger partial charge in [0.05, 0.1) is 23.9 Å². The Bertz CT molecular complexity index is 1360. The van der Waals surface area contributed by atoms with Crippen molar-refractivity contribution < 1.29 is 42.9 Å². The van der Waals surface area contributed by atoms with Gasteiger partial charge in [-0.15, -0.1) is 6.58 Å². The fourth-order valence-corrected chi connectivity index (χ4v) is 5.45. The van der Waals surface area contributed by atoms with Crippen LogP contribution in [0.25, 0.3) is 0 Å². The molecule has 1 aliphatic heterocycles. The van der Waals surface area contributed by atoms with Crippen molar-refractivity contribution in [3.63, 3.8) is 0 Å². The van der Waals surface area contributed by atoms with Gasteiger partial charge in [-0.05, 0) is 38.2 Å². The van der Waals surface area contributed by atoms with Gasteiger partial charge in [0.15, 0.2) is 6.10 Å². The highest BCUT2D eigenvalue weighted by molar-refractivity contribution is 6.23. The number of allylic oxidation sites excluding steroid dienone is 4. The number of hydrogen-bond donors (Lipinski definition) is 4. The number of nitrogens with one attached hydrogen (secondary N) is 2. The molecule has 0 saturated heterocycles. The first kappa shape index (κ1) is 38.9. The molecule has 6 N–H and O–H groups in total. The van der Waals surface area contributed by atoms with E-state index < -0.39 is 59.9 Å². The zero-order valence-corrected chi connectivity index (χ0v) is 28.0. The van der Waals surface area contributed by atoms with Crippen LogP contribution >= 0.6 is 0 Å². The minimum Gasteiger partial charge on any atom is -0.459 e. The zero-order chi connectivity index (χ0) is 35.3. The van der Waals surface area contributed by atoms with Crippen LogP contribution in [0.3, 0.4) is 0 Å².